The molecule has 1 aliphatic heterocycles. The van der Waals surface area contributed by atoms with Crippen molar-refractivity contribution in [3.8, 4) is 0 Å². The van der Waals surface area contributed by atoms with Crippen LogP contribution >= 0.6 is 0 Å². The Kier molecular flexibility index (Phi) is 3.23. The molecule has 0 radical (unpaired) electrons. The summed E-state index contributed by atoms with van der Waals surface area (Å²) in [6.45, 7) is 2.26. The zero-order chi connectivity index (χ0) is 14.1. The van der Waals surface area contributed by atoms with E-state index >= 15 is 0 Å². The van der Waals surface area contributed by atoms with Crippen molar-refractivity contribution in [3.63, 3.8) is 0 Å². The molecule has 3 N–H and O–H groups in total. The van der Waals surface area contributed by atoms with Crippen LogP contribution in [0, 0.1) is 12.7 Å². The molecule has 1 amide bonds. The van der Waals surface area contributed by atoms with E-state index in [0.717, 1.165) is 11.4 Å². The lowest BCUT2D eigenvalue weighted by molar-refractivity contribution is -0.118. The van der Waals surface area contributed by atoms with Crippen molar-refractivity contribution in [1.82, 2.24) is 15.3 Å². The van der Waals surface area contributed by atoms with Crippen LogP contribution in [0.2, 0.25) is 0 Å². The molecule has 0 bridgehead atoms. The minimum absolute atomic E-state index is 0.135. The van der Waals surface area contributed by atoms with Crippen LogP contribution in [0.5, 0.6) is 0 Å². The van der Waals surface area contributed by atoms with Gasteiger partial charge in [-0.2, -0.15) is 0 Å². The van der Waals surface area contributed by atoms with Gasteiger partial charge in [-0.05, 0) is 30.7 Å². The topological polar surface area (TPSA) is 69.8 Å². The number of imidazole rings is 1. The van der Waals surface area contributed by atoms with Gasteiger partial charge >= 0.3 is 0 Å². The van der Waals surface area contributed by atoms with Gasteiger partial charge in [-0.3, -0.25) is 10.1 Å². The minimum atomic E-state index is -0.323. The number of H-pyrrole nitrogens is 1. The molecule has 1 aromatic carbocycles. The molecule has 1 atom stereocenters. The Balaban J connectivity index is 1.69. The maximum absolute atomic E-state index is 13.2. The highest BCUT2D eigenvalue weighted by atomic mass is 19.1. The third kappa shape index (κ3) is 2.42. The summed E-state index contributed by atoms with van der Waals surface area (Å²) < 4.78 is 13.2. The minimum Gasteiger partial charge on any atom is -0.347 e. The van der Waals surface area contributed by atoms with Crippen LogP contribution in [-0.2, 0) is 17.8 Å². The second-order valence-corrected chi connectivity index (χ2v) is 4.92. The lowest BCUT2D eigenvalue weighted by Crippen LogP contribution is -2.44. The number of fused-ring (bicyclic) bond motifs is 1. The fourth-order valence-electron chi connectivity index (χ4n) is 2.31. The van der Waals surface area contributed by atoms with Gasteiger partial charge in [0.15, 0.2) is 0 Å². The highest BCUT2D eigenvalue weighted by molar-refractivity contribution is 5.95. The van der Waals surface area contributed by atoms with Crippen LogP contribution in [0.15, 0.2) is 24.5 Å². The molecule has 1 aliphatic rings. The third-order valence-corrected chi connectivity index (χ3v) is 3.47. The first-order valence-electron chi connectivity index (χ1n) is 6.45. The predicted octanol–water partition coefficient (Wildman–Crippen LogP) is 1.51. The van der Waals surface area contributed by atoms with Crippen LogP contribution in [0.3, 0.4) is 0 Å². The summed E-state index contributed by atoms with van der Waals surface area (Å²) in [6, 6.07) is 4.21. The quantitative estimate of drug-likeness (QED) is 0.777. The Morgan fingerprint density at radius 2 is 2.35 bits per heavy atom. The number of benzene rings is 1. The summed E-state index contributed by atoms with van der Waals surface area (Å²) in [6.07, 6.45) is 2.18. The molecule has 0 fully saturated rings. The molecular weight excluding hydrogens is 259 g/mol. The van der Waals surface area contributed by atoms with E-state index < -0.39 is 0 Å². The van der Waals surface area contributed by atoms with Crippen molar-refractivity contribution in [3.05, 3.63) is 47.3 Å². The zero-order valence-corrected chi connectivity index (χ0v) is 11.0. The van der Waals surface area contributed by atoms with E-state index in [9.17, 15) is 9.18 Å². The number of nitrogens with one attached hydrogen (secondary N) is 3. The van der Waals surface area contributed by atoms with E-state index in [1.807, 2.05) is 0 Å². The number of rotatable bonds is 2. The fourth-order valence-corrected chi connectivity index (χ4v) is 2.31. The van der Waals surface area contributed by atoms with E-state index in [1.165, 1.54) is 6.07 Å². The van der Waals surface area contributed by atoms with Crippen LogP contribution in [0.25, 0.3) is 0 Å². The van der Waals surface area contributed by atoms with Crippen LogP contribution in [0.4, 0.5) is 10.1 Å². The molecule has 1 unspecified atom stereocenters. The molecule has 2 heterocycles. The molecule has 1 aromatic heterocycles. The maximum Gasteiger partial charge on any atom is 0.241 e. The number of amides is 1. The third-order valence-electron chi connectivity index (χ3n) is 3.47. The average molecular weight is 274 g/mol. The Hall–Kier alpha value is -2.21. The van der Waals surface area contributed by atoms with Gasteiger partial charge in [0, 0.05) is 18.7 Å². The number of hydrogen-bond acceptors (Lipinski definition) is 3. The van der Waals surface area contributed by atoms with Crippen molar-refractivity contribution < 1.29 is 9.18 Å². The molecule has 5 nitrogen and oxygen atoms in total. The molecule has 3 rings (SSSR count). The van der Waals surface area contributed by atoms with Crippen molar-refractivity contribution in [2.45, 2.75) is 25.9 Å². The molecule has 0 spiro atoms. The van der Waals surface area contributed by atoms with Crippen LogP contribution in [-0.4, -0.2) is 21.9 Å². The van der Waals surface area contributed by atoms with Crippen molar-refractivity contribution in [2.24, 2.45) is 0 Å². The first kappa shape index (κ1) is 12.8. The first-order valence-corrected chi connectivity index (χ1v) is 6.45. The molecule has 0 saturated carbocycles. The van der Waals surface area contributed by atoms with Gasteiger partial charge in [0.2, 0.25) is 5.91 Å². The summed E-state index contributed by atoms with van der Waals surface area (Å²) in [7, 11) is 0. The SMILES string of the molecule is Cc1cc(NC(=O)C2Cc3nc[nH]c3CN2)ccc1F. The van der Waals surface area contributed by atoms with Gasteiger partial charge in [-0.25, -0.2) is 9.37 Å². The number of carbonyl (C=O) groups is 1. The second-order valence-electron chi connectivity index (χ2n) is 4.92. The molecule has 0 saturated heterocycles. The van der Waals surface area contributed by atoms with Crippen LogP contribution < -0.4 is 10.6 Å². The van der Waals surface area contributed by atoms with Gasteiger partial charge in [-0.1, -0.05) is 0 Å². The standard InChI is InChI=1S/C14H15FN4O/c1-8-4-9(2-3-10(8)15)19-14(20)12-5-11-13(6-16-12)18-7-17-11/h2-4,7,12,16H,5-6H2,1H3,(H,17,18)(H,19,20). The zero-order valence-electron chi connectivity index (χ0n) is 11.0. The summed E-state index contributed by atoms with van der Waals surface area (Å²) >= 11 is 0. The Morgan fingerprint density at radius 1 is 1.50 bits per heavy atom. The number of nitrogens with zero attached hydrogens (tertiary/aromatic N) is 1. The largest absolute Gasteiger partial charge is 0.347 e. The van der Waals surface area contributed by atoms with Gasteiger partial charge in [0.05, 0.1) is 23.8 Å². The molecule has 104 valence electrons. The molecule has 0 aliphatic carbocycles. The number of hydrogen-bond donors (Lipinski definition) is 3. The lowest BCUT2D eigenvalue weighted by Gasteiger charge is -2.22. The highest BCUT2D eigenvalue weighted by Gasteiger charge is 2.25. The van der Waals surface area contributed by atoms with E-state index in [-0.39, 0.29) is 17.8 Å². The van der Waals surface area contributed by atoms with Crippen molar-refractivity contribution in [1.29, 1.82) is 0 Å². The van der Waals surface area contributed by atoms with Crippen molar-refractivity contribution >= 4 is 11.6 Å². The van der Waals surface area contributed by atoms with E-state index in [2.05, 4.69) is 20.6 Å². The Bertz CT molecular complexity index is 652. The number of halogens is 1. The maximum atomic E-state index is 13.2. The number of aromatic amines is 1. The second kappa shape index (κ2) is 5.05. The number of aryl methyl sites for hydroxylation is 1. The summed E-state index contributed by atoms with van der Waals surface area (Å²) in [4.78, 5) is 19.4. The lowest BCUT2D eigenvalue weighted by atomic mass is 10.0. The fraction of sp³-hybridized carbons (Fsp3) is 0.286. The molecule has 6 heteroatoms. The summed E-state index contributed by atoms with van der Waals surface area (Å²) in [5.41, 5.74) is 3.04. The smallest absolute Gasteiger partial charge is 0.241 e. The summed E-state index contributed by atoms with van der Waals surface area (Å²) in [5, 5.41) is 5.95. The summed E-state index contributed by atoms with van der Waals surface area (Å²) in [5.74, 6) is -0.412. The highest BCUT2D eigenvalue weighted by Crippen LogP contribution is 2.16. The van der Waals surface area contributed by atoms with Gasteiger partial charge in [-0.15, -0.1) is 0 Å². The molecular formula is C14H15FN4O. The number of carbonyl (C=O) groups excluding carboxylic acids is 1. The van der Waals surface area contributed by atoms with Gasteiger partial charge in [0.25, 0.3) is 0 Å². The molecule has 20 heavy (non-hydrogen) atoms. The van der Waals surface area contributed by atoms with Gasteiger partial charge < -0.3 is 10.3 Å². The Labute approximate surface area is 115 Å². The van der Waals surface area contributed by atoms with Gasteiger partial charge in [0.1, 0.15) is 5.82 Å². The first-order chi connectivity index (χ1) is 9.63. The predicted molar refractivity (Wildman–Crippen MR) is 72.7 cm³/mol. The number of anilines is 1. The number of aromatic nitrogens is 2. The van der Waals surface area contributed by atoms with E-state index in [1.54, 1.807) is 25.4 Å². The normalized spacial score (nSPS) is 17.6. The van der Waals surface area contributed by atoms with Crippen LogP contribution in [0.1, 0.15) is 17.0 Å². The van der Waals surface area contributed by atoms with E-state index in [4.69, 9.17) is 0 Å². The average Bonchev–Trinajstić information content (AvgIpc) is 2.90. The molecule has 2 aromatic rings. The van der Waals surface area contributed by atoms with E-state index in [0.29, 0.717) is 24.2 Å². The Morgan fingerprint density at radius 3 is 3.15 bits per heavy atom. The van der Waals surface area contributed by atoms with Crippen molar-refractivity contribution in [2.75, 3.05) is 5.32 Å². The monoisotopic (exact) mass is 274 g/mol.